The van der Waals surface area contributed by atoms with E-state index in [1.54, 1.807) is 0 Å². The van der Waals surface area contributed by atoms with Crippen molar-refractivity contribution in [3.63, 3.8) is 0 Å². The fourth-order valence-corrected chi connectivity index (χ4v) is 3.38. The van der Waals surface area contributed by atoms with Crippen molar-refractivity contribution in [1.29, 1.82) is 0 Å². The first kappa shape index (κ1) is 29.1. The Morgan fingerprint density at radius 2 is 1.33 bits per heavy atom. The molecule has 0 aromatic carbocycles. The summed E-state index contributed by atoms with van der Waals surface area (Å²) in [7, 11) is 0. The van der Waals surface area contributed by atoms with Gasteiger partial charge >= 0.3 is 35.9 Å². The van der Waals surface area contributed by atoms with Crippen molar-refractivity contribution in [2.75, 3.05) is 6.61 Å². The summed E-state index contributed by atoms with van der Waals surface area (Å²) in [6.45, 7) is 2.99. The van der Waals surface area contributed by atoms with Crippen LogP contribution in [0.3, 0.4) is 0 Å². The van der Waals surface area contributed by atoms with E-state index in [4.69, 9.17) is 4.74 Å². The molecule has 0 heterocycles. The molecule has 4 nitrogen and oxygen atoms in total. The van der Waals surface area contributed by atoms with Gasteiger partial charge in [-0.2, -0.15) is 26.3 Å². The second-order valence-electron chi connectivity index (χ2n) is 8.04. The first-order chi connectivity index (χ1) is 14.9. The summed E-state index contributed by atoms with van der Waals surface area (Å²) in [5.74, 6) is -9.31. The van der Waals surface area contributed by atoms with E-state index < -0.39 is 60.9 Å². The molecule has 0 bridgehead atoms. The monoisotopic (exact) mass is 500 g/mol. The van der Waals surface area contributed by atoms with Crippen LogP contribution in [0.15, 0.2) is 12.2 Å². The van der Waals surface area contributed by atoms with Crippen molar-refractivity contribution in [2.24, 2.45) is 5.92 Å². The molecule has 1 rings (SSSR count). The molecule has 192 valence electrons. The molecule has 13 heteroatoms. The van der Waals surface area contributed by atoms with Crippen LogP contribution in [0, 0.1) is 5.92 Å². The SMILES string of the molecule is C=C(C)C(=O)OCC(CC(F)(F)C(F)(C(F)(F)F)C(F)(F)F)OC(=O)C1CCCCCCC1. The molecule has 0 aliphatic heterocycles. The van der Waals surface area contributed by atoms with Crippen LogP contribution in [0.2, 0.25) is 0 Å². The molecule has 1 aliphatic rings. The topological polar surface area (TPSA) is 52.6 Å². The van der Waals surface area contributed by atoms with Gasteiger partial charge in [-0.3, -0.25) is 4.79 Å². The van der Waals surface area contributed by atoms with Crippen molar-refractivity contribution in [3.8, 4) is 0 Å². The fourth-order valence-electron chi connectivity index (χ4n) is 3.38. The van der Waals surface area contributed by atoms with Crippen LogP contribution in [-0.2, 0) is 19.1 Å². The highest BCUT2D eigenvalue weighted by Gasteiger charge is 2.84. The Morgan fingerprint density at radius 3 is 1.76 bits per heavy atom. The minimum atomic E-state index is -7.03. The van der Waals surface area contributed by atoms with Crippen molar-refractivity contribution in [2.45, 2.75) is 88.3 Å². The predicted molar refractivity (Wildman–Crippen MR) is 97.0 cm³/mol. The van der Waals surface area contributed by atoms with Crippen LogP contribution in [0.5, 0.6) is 0 Å². The summed E-state index contributed by atoms with van der Waals surface area (Å²) >= 11 is 0. The van der Waals surface area contributed by atoms with Gasteiger partial charge in [0.05, 0.1) is 12.3 Å². The van der Waals surface area contributed by atoms with Crippen LogP contribution in [-0.4, -0.2) is 48.6 Å². The highest BCUT2D eigenvalue weighted by molar-refractivity contribution is 5.86. The molecule has 1 saturated carbocycles. The van der Waals surface area contributed by atoms with Crippen LogP contribution in [0.1, 0.15) is 58.3 Å². The summed E-state index contributed by atoms with van der Waals surface area (Å²) in [5, 5.41) is 0. The highest BCUT2D eigenvalue weighted by Crippen LogP contribution is 2.56. The van der Waals surface area contributed by atoms with Crippen LogP contribution >= 0.6 is 0 Å². The fraction of sp³-hybridized carbons (Fsp3) is 0.800. The lowest BCUT2D eigenvalue weighted by Gasteiger charge is -2.37. The zero-order chi connectivity index (χ0) is 25.7. The largest absolute Gasteiger partial charge is 0.458 e. The number of hydrogen-bond donors (Lipinski definition) is 0. The molecule has 1 unspecified atom stereocenters. The van der Waals surface area contributed by atoms with E-state index in [1.165, 1.54) is 0 Å². The first-order valence-corrected chi connectivity index (χ1v) is 10.2. The maximum Gasteiger partial charge on any atom is 0.437 e. The number of carbonyl (C=O) groups excluding carboxylic acids is 2. The lowest BCUT2D eigenvalue weighted by molar-refractivity contribution is -0.399. The number of alkyl halides is 9. The van der Waals surface area contributed by atoms with E-state index in [1.807, 2.05) is 0 Å². The Bertz CT molecular complexity index is 679. The van der Waals surface area contributed by atoms with Gasteiger partial charge in [0.15, 0.2) is 0 Å². The van der Waals surface area contributed by atoms with Gasteiger partial charge in [-0.1, -0.05) is 38.7 Å². The van der Waals surface area contributed by atoms with Gasteiger partial charge in [0, 0.05) is 5.57 Å². The van der Waals surface area contributed by atoms with Crippen molar-refractivity contribution in [1.82, 2.24) is 0 Å². The number of rotatable bonds is 8. The number of carbonyl (C=O) groups is 2. The van der Waals surface area contributed by atoms with Crippen LogP contribution in [0.4, 0.5) is 39.5 Å². The van der Waals surface area contributed by atoms with E-state index in [-0.39, 0.29) is 18.4 Å². The Labute approximate surface area is 184 Å². The van der Waals surface area contributed by atoms with Gasteiger partial charge < -0.3 is 9.47 Å². The quantitative estimate of drug-likeness (QED) is 0.225. The summed E-state index contributed by atoms with van der Waals surface area (Å²) in [4.78, 5) is 23.9. The van der Waals surface area contributed by atoms with Gasteiger partial charge in [-0.25, -0.2) is 18.0 Å². The summed E-state index contributed by atoms with van der Waals surface area (Å²) < 4.78 is 129. The van der Waals surface area contributed by atoms with E-state index in [0.29, 0.717) is 12.8 Å². The molecule has 1 atom stereocenters. The maximum absolute atomic E-state index is 14.2. The normalized spacial score (nSPS) is 18.1. The zero-order valence-corrected chi connectivity index (χ0v) is 17.8. The number of esters is 2. The standard InChI is InChI=1S/C20H25F9O4/c1-12(2)15(30)32-11-14(33-16(31)13-8-6-4-3-5-7-9-13)10-17(21,22)18(23,19(24,25)26)20(27,28)29/h13-14H,1,3-11H2,2H3. The van der Waals surface area contributed by atoms with Crippen molar-refractivity contribution < 1.29 is 58.6 Å². The summed E-state index contributed by atoms with van der Waals surface area (Å²) in [6.07, 6.45) is -14.9. The Balaban J connectivity index is 3.17. The highest BCUT2D eigenvalue weighted by atomic mass is 19.4. The third-order valence-electron chi connectivity index (χ3n) is 5.24. The van der Waals surface area contributed by atoms with Gasteiger partial charge in [0.25, 0.3) is 0 Å². The average molecular weight is 500 g/mol. The van der Waals surface area contributed by atoms with E-state index in [2.05, 4.69) is 11.3 Å². The third kappa shape index (κ3) is 7.26. The van der Waals surface area contributed by atoms with Crippen molar-refractivity contribution in [3.05, 3.63) is 12.2 Å². The molecule has 0 aromatic rings. The van der Waals surface area contributed by atoms with E-state index >= 15 is 0 Å². The van der Waals surface area contributed by atoms with Gasteiger partial charge in [0.1, 0.15) is 12.7 Å². The van der Waals surface area contributed by atoms with Crippen LogP contribution < -0.4 is 0 Å². The molecule has 33 heavy (non-hydrogen) atoms. The molecular formula is C20H25F9O4. The minimum absolute atomic E-state index is 0.266. The number of halogens is 9. The van der Waals surface area contributed by atoms with Gasteiger partial charge in [0.2, 0.25) is 0 Å². The molecule has 1 aliphatic carbocycles. The van der Waals surface area contributed by atoms with E-state index in [9.17, 15) is 49.1 Å². The molecule has 0 N–H and O–H groups in total. The number of hydrogen-bond acceptors (Lipinski definition) is 4. The average Bonchev–Trinajstić information content (AvgIpc) is 2.62. The molecule has 0 radical (unpaired) electrons. The second-order valence-corrected chi connectivity index (χ2v) is 8.04. The molecule has 0 amide bonds. The molecule has 1 fully saturated rings. The summed E-state index contributed by atoms with van der Waals surface area (Å²) in [6, 6.07) is 0. The molecule has 0 aromatic heterocycles. The van der Waals surface area contributed by atoms with Gasteiger partial charge in [-0.05, 0) is 19.8 Å². The lowest BCUT2D eigenvalue weighted by Crippen LogP contribution is -2.65. The molecule has 0 spiro atoms. The minimum Gasteiger partial charge on any atom is -0.458 e. The lowest BCUT2D eigenvalue weighted by atomic mass is 9.90. The Morgan fingerprint density at radius 1 is 0.879 bits per heavy atom. The zero-order valence-electron chi connectivity index (χ0n) is 17.8. The Kier molecular flexibility index (Phi) is 9.68. The number of ether oxygens (including phenoxy) is 2. The van der Waals surface area contributed by atoms with Crippen LogP contribution in [0.25, 0.3) is 0 Å². The molecular weight excluding hydrogens is 475 g/mol. The predicted octanol–water partition coefficient (Wildman–Crippen LogP) is 6.24. The maximum atomic E-state index is 14.2. The second kappa shape index (κ2) is 11.0. The molecule has 0 saturated heterocycles. The van der Waals surface area contributed by atoms with Gasteiger partial charge in [-0.15, -0.1) is 0 Å². The summed E-state index contributed by atoms with van der Waals surface area (Å²) in [5.41, 5.74) is -7.19. The van der Waals surface area contributed by atoms with E-state index in [0.717, 1.165) is 26.2 Å². The van der Waals surface area contributed by atoms with Crippen molar-refractivity contribution >= 4 is 11.9 Å². The Hall–Kier alpha value is -1.95. The smallest absolute Gasteiger partial charge is 0.437 e. The third-order valence-corrected chi connectivity index (χ3v) is 5.24. The first-order valence-electron chi connectivity index (χ1n) is 10.2.